The minimum atomic E-state index is -0.561. The van der Waals surface area contributed by atoms with Gasteiger partial charge in [-0.05, 0) is 33.3 Å². The lowest BCUT2D eigenvalue weighted by molar-refractivity contribution is -0.119. The summed E-state index contributed by atoms with van der Waals surface area (Å²) in [5.41, 5.74) is 1.28. The lowest BCUT2D eigenvalue weighted by Crippen LogP contribution is -2.41. The second-order valence-corrected chi connectivity index (χ2v) is 5.62. The number of hydrogen-bond acceptors (Lipinski definition) is 3. The van der Waals surface area contributed by atoms with E-state index in [1.807, 2.05) is 26.0 Å². The standard InChI is InChI=1S/C18H23NO3/c1-7-22-13(4)16(20)14-8-10-15(11-9-14)18(5,6)19-17(21)12(2)3/h8-11H,2,4,7H2,1,3,5-6H3,(H,19,21). The van der Waals surface area contributed by atoms with Crippen molar-refractivity contribution in [1.82, 2.24) is 5.32 Å². The second kappa shape index (κ2) is 7.07. The van der Waals surface area contributed by atoms with Gasteiger partial charge in [0.25, 0.3) is 0 Å². The summed E-state index contributed by atoms with van der Waals surface area (Å²) >= 11 is 0. The molecule has 0 saturated carbocycles. The van der Waals surface area contributed by atoms with E-state index in [1.54, 1.807) is 26.0 Å². The Bertz CT molecular complexity index is 597. The van der Waals surface area contributed by atoms with Crippen LogP contribution in [0.4, 0.5) is 0 Å². The molecule has 1 amide bonds. The van der Waals surface area contributed by atoms with Crippen molar-refractivity contribution >= 4 is 11.7 Å². The van der Waals surface area contributed by atoms with Crippen LogP contribution < -0.4 is 5.32 Å². The van der Waals surface area contributed by atoms with Crippen molar-refractivity contribution in [2.45, 2.75) is 33.2 Å². The number of amides is 1. The van der Waals surface area contributed by atoms with E-state index in [0.717, 1.165) is 5.56 Å². The number of carbonyl (C=O) groups is 2. The molecular weight excluding hydrogens is 278 g/mol. The normalized spacial score (nSPS) is 10.7. The second-order valence-electron chi connectivity index (χ2n) is 5.62. The SMILES string of the molecule is C=C(C)C(=O)NC(C)(C)c1ccc(C(=O)C(=C)OCC)cc1. The monoisotopic (exact) mass is 301 g/mol. The summed E-state index contributed by atoms with van der Waals surface area (Å²) in [7, 11) is 0. The van der Waals surface area contributed by atoms with Crippen molar-refractivity contribution < 1.29 is 14.3 Å². The minimum absolute atomic E-state index is 0.130. The van der Waals surface area contributed by atoms with Crippen LogP contribution in [-0.4, -0.2) is 18.3 Å². The molecule has 0 spiro atoms. The molecule has 0 aliphatic carbocycles. The number of Topliss-reactive ketones (excluding diaryl/α,β-unsaturated/α-hetero) is 1. The van der Waals surface area contributed by atoms with Crippen molar-refractivity contribution in [1.29, 1.82) is 0 Å². The molecule has 1 aromatic carbocycles. The third-order valence-electron chi connectivity index (χ3n) is 3.25. The number of carbonyl (C=O) groups excluding carboxylic acids is 2. The molecule has 4 heteroatoms. The van der Waals surface area contributed by atoms with Gasteiger partial charge in [0.15, 0.2) is 5.76 Å². The highest BCUT2D eigenvalue weighted by Crippen LogP contribution is 2.21. The van der Waals surface area contributed by atoms with Gasteiger partial charge in [-0.15, -0.1) is 0 Å². The van der Waals surface area contributed by atoms with Crippen LogP contribution in [0.25, 0.3) is 0 Å². The molecule has 0 aliphatic heterocycles. The van der Waals surface area contributed by atoms with Crippen LogP contribution in [-0.2, 0) is 15.1 Å². The molecule has 0 unspecified atom stereocenters. The highest BCUT2D eigenvalue weighted by Gasteiger charge is 2.23. The van der Waals surface area contributed by atoms with E-state index >= 15 is 0 Å². The summed E-state index contributed by atoms with van der Waals surface area (Å²) in [6, 6.07) is 7.03. The van der Waals surface area contributed by atoms with Gasteiger partial charge in [0.1, 0.15) is 0 Å². The van der Waals surface area contributed by atoms with Crippen LogP contribution >= 0.6 is 0 Å². The fraction of sp³-hybridized carbons (Fsp3) is 0.333. The van der Waals surface area contributed by atoms with Gasteiger partial charge in [-0.1, -0.05) is 37.4 Å². The number of hydrogen-bond donors (Lipinski definition) is 1. The number of benzene rings is 1. The van der Waals surface area contributed by atoms with Crippen LogP contribution in [0.15, 0.2) is 48.8 Å². The summed E-state index contributed by atoms with van der Waals surface area (Å²) in [6.45, 7) is 14.9. The maximum Gasteiger partial charge on any atom is 0.246 e. The summed E-state index contributed by atoms with van der Waals surface area (Å²) in [6.07, 6.45) is 0. The number of nitrogens with one attached hydrogen (secondary N) is 1. The van der Waals surface area contributed by atoms with E-state index in [0.29, 0.717) is 17.7 Å². The van der Waals surface area contributed by atoms with E-state index in [-0.39, 0.29) is 17.4 Å². The first-order valence-electron chi connectivity index (χ1n) is 7.14. The Balaban J connectivity index is 2.92. The van der Waals surface area contributed by atoms with Crippen molar-refractivity contribution in [2.75, 3.05) is 6.61 Å². The van der Waals surface area contributed by atoms with Crippen molar-refractivity contribution in [3.05, 3.63) is 59.9 Å². The number of ether oxygens (including phenoxy) is 1. The van der Waals surface area contributed by atoms with Crippen LogP contribution in [0.1, 0.15) is 43.6 Å². The van der Waals surface area contributed by atoms with Crippen molar-refractivity contribution in [2.24, 2.45) is 0 Å². The van der Waals surface area contributed by atoms with Gasteiger partial charge in [0.05, 0.1) is 12.1 Å². The Morgan fingerprint density at radius 2 is 1.73 bits per heavy atom. The van der Waals surface area contributed by atoms with E-state index in [1.165, 1.54) is 0 Å². The van der Waals surface area contributed by atoms with Gasteiger partial charge in [0.2, 0.25) is 11.7 Å². The predicted molar refractivity (Wildman–Crippen MR) is 87.5 cm³/mol. The fourth-order valence-corrected chi connectivity index (χ4v) is 1.90. The fourth-order valence-electron chi connectivity index (χ4n) is 1.90. The first kappa shape index (κ1) is 17.7. The maximum absolute atomic E-state index is 12.1. The molecule has 0 atom stereocenters. The summed E-state index contributed by atoms with van der Waals surface area (Å²) in [5, 5.41) is 2.90. The van der Waals surface area contributed by atoms with Gasteiger partial charge in [0, 0.05) is 11.1 Å². The van der Waals surface area contributed by atoms with E-state index in [2.05, 4.69) is 18.5 Å². The lowest BCUT2D eigenvalue weighted by Gasteiger charge is -2.27. The highest BCUT2D eigenvalue weighted by molar-refractivity contribution is 6.06. The molecule has 4 nitrogen and oxygen atoms in total. The van der Waals surface area contributed by atoms with E-state index in [4.69, 9.17) is 4.74 Å². The third-order valence-corrected chi connectivity index (χ3v) is 3.25. The number of rotatable bonds is 7. The average Bonchev–Trinajstić information content (AvgIpc) is 2.46. The molecule has 1 N–H and O–H groups in total. The molecule has 0 bridgehead atoms. The Kier molecular flexibility index (Phi) is 5.69. The smallest absolute Gasteiger partial charge is 0.246 e. The van der Waals surface area contributed by atoms with Gasteiger partial charge in [-0.2, -0.15) is 0 Å². The first-order chi connectivity index (χ1) is 10.2. The highest BCUT2D eigenvalue weighted by atomic mass is 16.5. The lowest BCUT2D eigenvalue weighted by atomic mass is 9.92. The van der Waals surface area contributed by atoms with Crippen LogP contribution in [0.3, 0.4) is 0 Å². The van der Waals surface area contributed by atoms with E-state index < -0.39 is 5.54 Å². The quantitative estimate of drug-likeness (QED) is 0.477. The van der Waals surface area contributed by atoms with Crippen LogP contribution in [0, 0.1) is 0 Å². The Labute approximate surface area is 131 Å². The maximum atomic E-state index is 12.1. The molecule has 0 aliphatic rings. The largest absolute Gasteiger partial charge is 0.490 e. The van der Waals surface area contributed by atoms with Crippen molar-refractivity contribution in [3.8, 4) is 0 Å². The summed E-state index contributed by atoms with van der Waals surface area (Å²) in [5.74, 6) is -0.308. The van der Waals surface area contributed by atoms with Crippen LogP contribution in [0.2, 0.25) is 0 Å². The third kappa shape index (κ3) is 4.32. The number of ketones is 1. The van der Waals surface area contributed by atoms with Gasteiger partial charge >= 0.3 is 0 Å². The molecular formula is C18H23NO3. The minimum Gasteiger partial charge on any atom is -0.490 e. The van der Waals surface area contributed by atoms with Gasteiger partial charge in [-0.25, -0.2) is 0 Å². The molecule has 0 saturated heterocycles. The zero-order valence-corrected chi connectivity index (χ0v) is 13.7. The van der Waals surface area contributed by atoms with E-state index in [9.17, 15) is 9.59 Å². The molecule has 0 radical (unpaired) electrons. The topological polar surface area (TPSA) is 55.4 Å². The Morgan fingerprint density at radius 3 is 2.18 bits per heavy atom. The molecule has 22 heavy (non-hydrogen) atoms. The molecule has 1 rings (SSSR count). The molecule has 118 valence electrons. The Morgan fingerprint density at radius 1 is 1.18 bits per heavy atom. The van der Waals surface area contributed by atoms with Gasteiger partial charge in [-0.3, -0.25) is 9.59 Å². The molecule has 0 fully saturated rings. The first-order valence-corrected chi connectivity index (χ1v) is 7.14. The zero-order valence-electron chi connectivity index (χ0n) is 13.7. The van der Waals surface area contributed by atoms with Crippen molar-refractivity contribution in [3.63, 3.8) is 0 Å². The predicted octanol–water partition coefficient (Wildman–Crippen LogP) is 3.35. The number of allylic oxidation sites excluding steroid dienone is 1. The average molecular weight is 301 g/mol. The molecule has 0 aromatic heterocycles. The molecule has 1 aromatic rings. The van der Waals surface area contributed by atoms with Gasteiger partial charge < -0.3 is 10.1 Å². The molecule has 0 heterocycles. The summed E-state index contributed by atoms with van der Waals surface area (Å²) < 4.78 is 5.12. The zero-order chi connectivity index (χ0) is 16.9. The summed E-state index contributed by atoms with van der Waals surface area (Å²) in [4.78, 5) is 23.8. The van der Waals surface area contributed by atoms with Crippen LogP contribution in [0.5, 0.6) is 0 Å². The Hall–Kier alpha value is -2.36.